The van der Waals surface area contributed by atoms with Crippen molar-refractivity contribution in [3.63, 3.8) is 0 Å². The number of halogens is 1. The van der Waals surface area contributed by atoms with E-state index in [4.69, 9.17) is 11.6 Å². The smallest absolute Gasteiger partial charge is 0.254 e. The first-order chi connectivity index (χ1) is 9.86. The predicted molar refractivity (Wildman–Crippen MR) is 86.6 cm³/mol. The number of aryl methyl sites for hydroxylation is 1. The van der Waals surface area contributed by atoms with Crippen molar-refractivity contribution in [2.75, 3.05) is 26.7 Å². The van der Waals surface area contributed by atoms with Crippen LogP contribution in [-0.4, -0.2) is 55.3 Å². The summed E-state index contributed by atoms with van der Waals surface area (Å²) in [6, 6.07) is 0.0587. The Kier molecular flexibility index (Phi) is 5.65. The molecule has 8 heteroatoms. The van der Waals surface area contributed by atoms with Gasteiger partial charge in [-0.15, -0.1) is 0 Å². The van der Waals surface area contributed by atoms with Crippen LogP contribution in [0.1, 0.15) is 31.9 Å². The van der Waals surface area contributed by atoms with Gasteiger partial charge in [0.05, 0.1) is 5.69 Å². The monoisotopic (exact) mass is 351 g/mol. The number of nitrogens with zero attached hydrogens (tertiary/aromatic N) is 3. The summed E-state index contributed by atoms with van der Waals surface area (Å²) >= 11 is 6.87. The molecule has 0 amide bonds. The summed E-state index contributed by atoms with van der Waals surface area (Å²) in [5.41, 5.74) is 0.486. The van der Waals surface area contributed by atoms with Gasteiger partial charge in [-0.25, -0.2) is 13.4 Å². The van der Waals surface area contributed by atoms with Crippen LogP contribution >= 0.6 is 22.9 Å². The summed E-state index contributed by atoms with van der Waals surface area (Å²) in [5.74, 6) is 0. The Morgan fingerprint density at radius 1 is 1.43 bits per heavy atom. The molecule has 1 aromatic heterocycles. The molecule has 1 aliphatic rings. The Hall–Kier alpha value is -0.210. The second-order valence-corrected chi connectivity index (χ2v) is 9.21. The standard InChI is InChI=1S/C13H22ClN3O2S2/c1-4-7-17-8-5-11(6-9-17)16(3)21(18,19)12-10(2)15-13(14)20-12/h11H,4-9H2,1-3H3. The van der Waals surface area contributed by atoms with E-state index in [1.54, 1.807) is 14.0 Å². The van der Waals surface area contributed by atoms with Crippen LogP contribution in [-0.2, 0) is 10.0 Å². The van der Waals surface area contributed by atoms with Crippen molar-refractivity contribution in [3.8, 4) is 0 Å². The third-order valence-electron chi connectivity index (χ3n) is 3.95. The van der Waals surface area contributed by atoms with Crippen molar-refractivity contribution < 1.29 is 8.42 Å². The van der Waals surface area contributed by atoms with Gasteiger partial charge < -0.3 is 4.90 Å². The molecular weight excluding hydrogens is 330 g/mol. The molecule has 0 saturated carbocycles. The lowest BCUT2D eigenvalue weighted by Gasteiger charge is -2.35. The zero-order valence-electron chi connectivity index (χ0n) is 12.7. The summed E-state index contributed by atoms with van der Waals surface area (Å²) in [6.45, 7) is 6.86. The average molecular weight is 352 g/mol. The highest BCUT2D eigenvalue weighted by atomic mass is 35.5. The molecule has 0 bridgehead atoms. The average Bonchev–Trinajstić information content (AvgIpc) is 2.79. The summed E-state index contributed by atoms with van der Waals surface area (Å²) in [6.07, 6.45) is 2.89. The van der Waals surface area contributed by atoms with Gasteiger partial charge >= 0.3 is 0 Å². The Morgan fingerprint density at radius 3 is 2.52 bits per heavy atom. The Balaban J connectivity index is 2.09. The van der Waals surface area contributed by atoms with Gasteiger partial charge in [0, 0.05) is 13.1 Å². The molecule has 0 aromatic carbocycles. The Bertz CT molecular complexity index is 580. The molecule has 0 unspecified atom stereocenters. The van der Waals surface area contributed by atoms with E-state index >= 15 is 0 Å². The van der Waals surface area contributed by atoms with Crippen molar-refractivity contribution in [1.29, 1.82) is 0 Å². The summed E-state index contributed by atoms with van der Waals surface area (Å²) in [7, 11) is -1.82. The molecule has 1 saturated heterocycles. The summed E-state index contributed by atoms with van der Waals surface area (Å²) in [5, 5.41) is 0. The third-order valence-corrected chi connectivity index (χ3v) is 7.71. The van der Waals surface area contributed by atoms with Gasteiger partial charge in [-0.05, 0) is 45.8 Å². The number of hydrogen-bond acceptors (Lipinski definition) is 5. The molecule has 1 aliphatic heterocycles. The van der Waals surface area contributed by atoms with Crippen molar-refractivity contribution in [2.45, 2.75) is 43.4 Å². The van der Waals surface area contributed by atoms with Crippen molar-refractivity contribution >= 4 is 33.0 Å². The van der Waals surface area contributed by atoms with Crippen LogP contribution in [0.25, 0.3) is 0 Å². The lowest BCUT2D eigenvalue weighted by Crippen LogP contribution is -2.45. The number of hydrogen-bond donors (Lipinski definition) is 0. The minimum Gasteiger partial charge on any atom is -0.303 e. The molecular formula is C13H22ClN3O2S2. The summed E-state index contributed by atoms with van der Waals surface area (Å²) < 4.78 is 27.4. The third kappa shape index (κ3) is 3.76. The molecule has 5 nitrogen and oxygen atoms in total. The number of piperidine rings is 1. The maximum atomic E-state index is 12.7. The number of likely N-dealkylation sites (tertiary alicyclic amines) is 1. The second kappa shape index (κ2) is 6.91. The normalized spacial score (nSPS) is 18.5. The zero-order valence-corrected chi connectivity index (χ0v) is 15.1. The zero-order chi connectivity index (χ0) is 15.6. The maximum Gasteiger partial charge on any atom is 0.254 e. The van der Waals surface area contributed by atoms with Crippen molar-refractivity contribution in [3.05, 3.63) is 10.2 Å². The SMILES string of the molecule is CCCN1CCC(N(C)S(=O)(=O)c2sc(Cl)nc2C)CC1. The Morgan fingerprint density at radius 2 is 2.05 bits per heavy atom. The predicted octanol–water partition coefficient (Wildman–Crippen LogP) is 2.60. The van der Waals surface area contributed by atoms with E-state index in [1.165, 1.54) is 4.31 Å². The molecule has 0 N–H and O–H groups in total. The van der Waals surface area contributed by atoms with Gasteiger partial charge in [0.25, 0.3) is 10.0 Å². The van der Waals surface area contributed by atoms with Gasteiger partial charge in [-0.1, -0.05) is 29.9 Å². The first-order valence-corrected chi connectivity index (χ1v) is 9.83. The second-order valence-electron chi connectivity index (χ2n) is 5.43. The molecule has 21 heavy (non-hydrogen) atoms. The topological polar surface area (TPSA) is 53.5 Å². The van der Waals surface area contributed by atoms with Gasteiger partial charge in [0.2, 0.25) is 0 Å². The largest absolute Gasteiger partial charge is 0.303 e. The molecule has 0 spiro atoms. The highest BCUT2D eigenvalue weighted by Gasteiger charge is 2.33. The van der Waals surface area contributed by atoms with E-state index in [1.807, 2.05) is 0 Å². The molecule has 120 valence electrons. The van der Waals surface area contributed by atoms with E-state index in [9.17, 15) is 8.42 Å². The number of rotatable bonds is 5. The number of sulfonamides is 1. The quantitative estimate of drug-likeness (QED) is 0.818. The van der Waals surface area contributed by atoms with Gasteiger partial charge in [-0.3, -0.25) is 0 Å². The first-order valence-electron chi connectivity index (χ1n) is 7.19. The van der Waals surface area contributed by atoms with E-state index in [0.29, 0.717) is 5.69 Å². The van der Waals surface area contributed by atoms with E-state index in [-0.39, 0.29) is 14.7 Å². The van der Waals surface area contributed by atoms with Crippen LogP contribution in [0.15, 0.2) is 4.21 Å². The molecule has 0 radical (unpaired) electrons. The van der Waals surface area contributed by atoms with Crippen LogP contribution in [0, 0.1) is 6.92 Å². The summed E-state index contributed by atoms with van der Waals surface area (Å²) in [4.78, 5) is 6.41. The van der Waals surface area contributed by atoms with Gasteiger partial charge in [-0.2, -0.15) is 4.31 Å². The van der Waals surface area contributed by atoms with Crippen LogP contribution in [0.2, 0.25) is 4.47 Å². The lowest BCUT2D eigenvalue weighted by molar-refractivity contribution is 0.170. The lowest BCUT2D eigenvalue weighted by atomic mass is 10.1. The fourth-order valence-electron chi connectivity index (χ4n) is 2.74. The highest BCUT2D eigenvalue weighted by molar-refractivity contribution is 7.91. The fourth-order valence-corrected chi connectivity index (χ4v) is 6.06. The minimum atomic E-state index is -3.49. The van der Waals surface area contributed by atoms with E-state index < -0.39 is 10.0 Å². The van der Waals surface area contributed by atoms with Crippen molar-refractivity contribution in [1.82, 2.24) is 14.2 Å². The minimum absolute atomic E-state index is 0.0587. The Labute approximate surface area is 136 Å². The van der Waals surface area contributed by atoms with Crippen LogP contribution in [0.5, 0.6) is 0 Å². The number of aromatic nitrogens is 1. The molecule has 2 heterocycles. The molecule has 1 aromatic rings. The van der Waals surface area contributed by atoms with Crippen LogP contribution in [0.4, 0.5) is 0 Å². The first kappa shape index (κ1) is 17.1. The van der Waals surface area contributed by atoms with E-state index in [0.717, 1.165) is 50.2 Å². The molecule has 0 aliphatic carbocycles. The molecule has 1 fully saturated rings. The molecule has 2 rings (SSSR count). The van der Waals surface area contributed by atoms with Crippen molar-refractivity contribution in [2.24, 2.45) is 0 Å². The maximum absolute atomic E-state index is 12.7. The van der Waals surface area contributed by atoms with E-state index in [2.05, 4.69) is 16.8 Å². The van der Waals surface area contributed by atoms with Crippen LogP contribution in [0.3, 0.4) is 0 Å². The molecule has 0 atom stereocenters. The van der Waals surface area contributed by atoms with Crippen LogP contribution < -0.4 is 0 Å². The fraction of sp³-hybridized carbons (Fsp3) is 0.769. The highest BCUT2D eigenvalue weighted by Crippen LogP contribution is 2.31. The number of thiazole rings is 1. The van der Waals surface area contributed by atoms with Gasteiger partial charge in [0.1, 0.15) is 0 Å². The van der Waals surface area contributed by atoms with Gasteiger partial charge in [0.15, 0.2) is 8.68 Å².